The molecule has 0 bridgehead atoms. The van der Waals surface area contributed by atoms with Crippen LogP contribution >= 0.6 is 23.1 Å². The molecule has 1 fully saturated rings. The summed E-state index contributed by atoms with van der Waals surface area (Å²) in [6.07, 6.45) is 6.10. The molecule has 2 aromatic heterocycles. The van der Waals surface area contributed by atoms with E-state index in [0.29, 0.717) is 10.6 Å². The third-order valence-corrected chi connectivity index (χ3v) is 8.18. The normalized spacial score (nSPS) is 17.2. The van der Waals surface area contributed by atoms with Crippen molar-refractivity contribution in [1.82, 2.24) is 4.57 Å². The number of hydrogen-bond acceptors (Lipinski definition) is 5. The quantitative estimate of drug-likeness (QED) is 0.441. The fraction of sp³-hybridized carbons (Fsp3) is 0.240. The average molecular weight is 460 g/mol. The smallest absolute Gasteiger partial charge is 0.298 e. The monoisotopic (exact) mass is 459 g/mol. The fourth-order valence-electron chi connectivity index (χ4n) is 4.48. The van der Waals surface area contributed by atoms with Crippen molar-refractivity contribution in [1.29, 1.82) is 5.26 Å². The molecule has 2 aliphatic rings. The maximum atomic E-state index is 13.0. The predicted octanol–water partition coefficient (Wildman–Crippen LogP) is 6.15. The molecule has 2 amide bonds. The summed E-state index contributed by atoms with van der Waals surface area (Å²) in [6, 6.07) is 13.4. The van der Waals surface area contributed by atoms with Gasteiger partial charge >= 0.3 is 0 Å². The first-order valence-electron chi connectivity index (χ1n) is 10.6. The molecule has 0 unspecified atom stereocenters. The number of benzene rings is 1. The molecule has 1 saturated heterocycles. The van der Waals surface area contributed by atoms with Crippen LogP contribution in [0.3, 0.4) is 0 Å². The van der Waals surface area contributed by atoms with Crippen LogP contribution < -0.4 is 4.90 Å². The fourth-order valence-corrected chi connectivity index (χ4v) is 6.76. The van der Waals surface area contributed by atoms with Gasteiger partial charge in [-0.2, -0.15) is 5.26 Å². The number of aromatic nitrogens is 1. The van der Waals surface area contributed by atoms with Crippen LogP contribution in [-0.2, 0) is 17.6 Å². The number of anilines is 1. The zero-order chi connectivity index (χ0) is 22.4. The lowest BCUT2D eigenvalue weighted by molar-refractivity contribution is -0.113. The van der Waals surface area contributed by atoms with Gasteiger partial charge in [-0.25, -0.2) is 4.90 Å². The molecule has 1 aromatic carbocycles. The Bertz CT molecular complexity index is 1330. The molecule has 7 heteroatoms. The number of nitrogens with zero attached hydrogens (tertiary/aromatic N) is 3. The number of para-hydroxylation sites is 1. The van der Waals surface area contributed by atoms with Gasteiger partial charge < -0.3 is 4.57 Å². The van der Waals surface area contributed by atoms with Crippen molar-refractivity contribution in [3.05, 3.63) is 74.3 Å². The van der Waals surface area contributed by atoms with E-state index in [2.05, 4.69) is 10.6 Å². The summed E-state index contributed by atoms with van der Waals surface area (Å²) in [7, 11) is 0. The SMILES string of the molecule is Cc1cc(/C=C2\SC(=O)N(c3ccccc3)C2=O)c(C)n1-c1sc2c(c1C#N)CCCC2. The Labute approximate surface area is 195 Å². The molecule has 1 aliphatic carbocycles. The number of carbonyl (C=O) groups is 2. The Kier molecular flexibility index (Phi) is 5.28. The van der Waals surface area contributed by atoms with Crippen LogP contribution in [0.5, 0.6) is 0 Å². The summed E-state index contributed by atoms with van der Waals surface area (Å²) in [5, 5.41) is 10.6. The summed E-state index contributed by atoms with van der Waals surface area (Å²) in [5.41, 5.74) is 5.41. The third kappa shape index (κ3) is 3.31. The molecule has 1 aliphatic heterocycles. The van der Waals surface area contributed by atoms with Crippen LogP contribution in [-0.4, -0.2) is 15.7 Å². The van der Waals surface area contributed by atoms with Crippen molar-refractivity contribution in [3.63, 3.8) is 0 Å². The minimum Gasteiger partial charge on any atom is -0.308 e. The van der Waals surface area contributed by atoms with Crippen LogP contribution in [0.15, 0.2) is 41.3 Å². The second-order valence-electron chi connectivity index (χ2n) is 8.02. The van der Waals surface area contributed by atoms with Gasteiger partial charge in [-0.15, -0.1) is 11.3 Å². The molecular weight excluding hydrogens is 438 g/mol. The van der Waals surface area contributed by atoms with Crippen molar-refractivity contribution in [2.24, 2.45) is 0 Å². The molecule has 0 spiro atoms. The molecule has 3 aromatic rings. The molecule has 0 N–H and O–H groups in total. The molecule has 0 saturated carbocycles. The van der Waals surface area contributed by atoms with E-state index in [1.807, 2.05) is 38.1 Å². The largest absolute Gasteiger partial charge is 0.308 e. The van der Waals surface area contributed by atoms with Crippen LogP contribution in [0.25, 0.3) is 11.1 Å². The minimum absolute atomic E-state index is 0.293. The number of rotatable bonds is 3. The number of amides is 2. The number of fused-ring (bicyclic) bond motifs is 1. The van der Waals surface area contributed by atoms with Gasteiger partial charge in [0.2, 0.25) is 0 Å². The van der Waals surface area contributed by atoms with E-state index >= 15 is 0 Å². The van der Waals surface area contributed by atoms with Gasteiger partial charge in [0.1, 0.15) is 11.1 Å². The number of nitriles is 1. The third-order valence-electron chi connectivity index (χ3n) is 6.03. The molecule has 5 nitrogen and oxygen atoms in total. The van der Waals surface area contributed by atoms with Gasteiger partial charge in [-0.3, -0.25) is 9.59 Å². The van der Waals surface area contributed by atoms with Crippen molar-refractivity contribution in [3.8, 4) is 11.1 Å². The van der Waals surface area contributed by atoms with Crippen LogP contribution in [0.1, 0.15) is 45.8 Å². The van der Waals surface area contributed by atoms with Crippen LogP contribution in [0, 0.1) is 25.2 Å². The second kappa shape index (κ2) is 8.12. The second-order valence-corrected chi connectivity index (χ2v) is 10.1. The molecule has 160 valence electrons. The summed E-state index contributed by atoms with van der Waals surface area (Å²) >= 11 is 2.67. The Morgan fingerprint density at radius 2 is 1.84 bits per heavy atom. The number of aryl methyl sites for hydroxylation is 2. The zero-order valence-corrected chi connectivity index (χ0v) is 19.5. The zero-order valence-electron chi connectivity index (χ0n) is 17.8. The predicted molar refractivity (Wildman–Crippen MR) is 129 cm³/mol. The Morgan fingerprint density at radius 3 is 2.59 bits per heavy atom. The van der Waals surface area contributed by atoms with E-state index < -0.39 is 0 Å². The van der Waals surface area contributed by atoms with E-state index in [0.717, 1.165) is 58.5 Å². The summed E-state index contributed by atoms with van der Waals surface area (Å²) in [5.74, 6) is -0.305. The van der Waals surface area contributed by atoms with Gasteiger partial charge in [0.05, 0.1) is 16.2 Å². The van der Waals surface area contributed by atoms with Gasteiger partial charge in [0, 0.05) is 16.3 Å². The van der Waals surface area contributed by atoms with E-state index in [-0.39, 0.29) is 11.1 Å². The first-order valence-corrected chi connectivity index (χ1v) is 12.2. The standard InChI is InChI=1S/C25H21N3O2S2/c1-15-12-17(13-22-23(29)28(25(30)32-22)18-8-4-3-5-9-18)16(2)27(15)24-20(14-26)19-10-6-7-11-21(19)31-24/h3-5,8-9,12-13H,6-7,10-11H2,1-2H3/b22-13-. The average Bonchev–Trinajstić information content (AvgIpc) is 3.39. The maximum Gasteiger partial charge on any atom is 0.298 e. The van der Waals surface area contributed by atoms with Gasteiger partial charge in [0.15, 0.2) is 0 Å². The Morgan fingerprint density at radius 1 is 1.09 bits per heavy atom. The minimum atomic E-state index is -0.305. The first-order chi connectivity index (χ1) is 15.5. The van der Waals surface area contributed by atoms with E-state index in [1.54, 1.807) is 29.5 Å². The lowest BCUT2D eigenvalue weighted by Gasteiger charge is -2.11. The maximum absolute atomic E-state index is 13.0. The highest BCUT2D eigenvalue weighted by Crippen LogP contribution is 2.40. The summed E-state index contributed by atoms with van der Waals surface area (Å²) < 4.78 is 2.12. The summed E-state index contributed by atoms with van der Waals surface area (Å²) in [6.45, 7) is 4.01. The summed E-state index contributed by atoms with van der Waals surface area (Å²) in [4.78, 5) is 28.5. The van der Waals surface area contributed by atoms with Crippen molar-refractivity contribution in [2.75, 3.05) is 4.90 Å². The van der Waals surface area contributed by atoms with Crippen molar-refractivity contribution in [2.45, 2.75) is 39.5 Å². The lowest BCUT2D eigenvalue weighted by atomic mass is 9.96. The van der Waals surface area contributed by atoms with Gasteiger partial charge in [0.25, 0.3) is 11.1 Å². The molecule has 32 heavy (non-hydrogen) atoms. The van der Waals surface area contributed by atoms with Crippen LogP contribution in [0.4, 0.5) is 10.5 Å². The molecule has 5 rings (SSSR count). The Balaban J connectivity index is 1.54. The number of thiophene rings is 1. The van der Waals surface area contributed by atoms with E-state index in [9.17, 15) is 14.9 Å². The van der Waals surface area contributed by atoms with Gasteiger partial charge in [-0.1, -0.05) is 18.2 Å². The topological polar surface area (TPSA) is 66.1 Å². The highest BCUT2D eigenvalue weighted by Gasteiger charge is 2.36. The van der Waals surface area contributed by atoms with E-state index in [4.69, 9.17) is 0 Å². The lowest BCUT2D eigenvalue weighted by Crippen LogP contribution is -2.27. The highest BCUT2D eigenvalue weighted by molar-refractivity contribution is 8.19. The molecule has 3 heterocycles. The highest BCUT2D eigenvalue weighted by atomic mass is 32.2. The van der Waals surface area contributed by atoms with E-state index in [1.165, 1.54) is 21.8 Å². The molecule has 0 radical (unpaired) electrons. The number of thioether (sulfide) groups is 1. The van der Waals surface area contributed by atoms with Crippen molar-refractivity contribution < 1.29 is 9.59 Å². The molecular formula is C25H21N3O2S2. The van der Waals surface area contributed by atoms with Gasteiger partial charge in [-0.05, 0) is 86.7 Å². The molecule has 0 atom stereocenters. The first kappa shape index (κ1) is 20.8. The number of imide groups is 1. The number of carbonyl (C=O) groups excluding carboxylic acids is 2. The van der Waals surface area contributed by atoms with Crippen molar-refractivity contribution >= 4 is 46.0 Å². The Hall–Kier alpha value is -3.08. The van der Waals surface area contributed by atoms with Crippen LogP contribution in [0.2, 0.25) is 0 Å². The number of hydrogen-bond donors (Lipinski definition) is 0.